The average Bonchev–Trinajstić information content (AvgIpc) is 2.83. The van der Waals surface area contributed by atoms with Gasteiger partial charge in [0.15, 0.2) is 5.11 Å². The second-order valence-corrected chi connectivity index (χ2v) is 8.04. The molecule has 168 valence electrons. The van der Waals surface area contributed by atoms with Gasteiger partial charge in [0.25, 0.3) is 5.91 Å². The van der Waals surface area contributed by atoms with Crippen molar-refractivity contribution in [3.63, 3.8) is 0 Å². The van der Waals surface area contributed by atoms with Crippen LogP contribution in [0, 0.1) is 0 Å². The SMILES string of the molecule is COCCN1C(=S)N[C@H](c2ccccc2)C2=C1N[C@H](c1ccccc1)N(CCOC)C2=O. The maximum Gasteiger partial charge on any atom is 0.257 e. The van der Waals surface area contributed by atoms with Crippen molar-refractivity contribution in [1.82, 2.24) is 20.4 Å². The van der Waals surface area contributed by atoms with Gasteiger partial charge < -0.3 is 29.9 Å². The highest BCUT2D eigenvalue weighted by atomic mass is 32.1. The highest BCUT2D eigenvalue weighted by Gasteiger charge is 2.43. The van der Waals surface area contributed by atoms with Gasteiger partial charge in [-0.1, -0.05) is 60.7 Å². The molecule has 0 aromatic heterocycles. The molecule has 2 atom stereocenters. The number of nitrogens with one attached hydrogen (secondary N) is 2. The van der Waals surface area contributed by atoms with Crippen LogP contribution in [0.1, 0.15) is 23.3 Å². The summed E-state index contributed by atoms with van der Waals surface area (Å²) in [5.41, 5.74) is 2.62. The Bertz CT molecular complexity index is 983. The van der Waals surface area contributed by atoms with Gasteiger partial charge in [0.05, 0.1) is 31.4 Å². The first-order valence-electron chi connectivity index (χ1n) is 10.6. The molecule has 0 aliphatic carbocycles. The number of rotatable bonds is 8. The first-order chi connectivity index (χ1) is 15.7. The smallest absolute Gasteiger partial charge is 0.257 e. The van der Waals surface area contributed by atoms with Gasteiger partial charge in [-0.3, -0.25) is 4.79 Å². The van der Waals surface area contributed by atoms with Gasteiger partial charge in [-0.05, 0) is 23.3 Å². The molecule has 0 spiro atoms. The molecule has 2 aromatic rings. The maximum absolute atomic E-state index is 14.0. The van der Waals surface area contributed by atoms with Gasteiger partial charge >= 0.3 is 0 Å². The zero-order valence-corrected chi connectivity index (χ0v) is 19.1. The monoisotopic (exact) mass is 452 g/mol. The predicted octanol–water partition coefficient (Wildman–Crippen LogP) is 2.55. The third-order valence-corrected chi connectivity index (χ3v) is 6.04. The number of carbonyl (C=O) groups excluding carboxylic acids is 1. The normalized spacial score (nSPS) is 20.7. The van der Waals surface area contributed by atoms with E-state index in [-0.39, 0.29) is 18.1 Å². The summed E-state index contributed by atoms with van der Waals surface area (Å²) in [7, 11) is 3.30. The van der Waals surface area contributed by atoms with Crippen LogP contribution in [0.3, 0.4) is 0 Å². The van der Waals surface area contributed by atoms with E-state index < -0.39 is 0 Å². The number of amides is 1. The molecular formula is C24H28N4O3S. The van der Waals surface area contributed by atoms with E-state index in [9.17, 15) is 4.79 Å². The van der Waals surface area contributed by atoms with Gasteiger partial charge in [-0.25, -0.2) is 0 Å². The molecule has 2 N–H and O–H groups in total. The van der Waals surface area contributed by atoms with Crippen LogP contribution in [-0.2, 0) is 14.3 Å². The minimum atomic E-state index is -0.348. The molecule has 2 aromatic carbocycles. The van der Waals surface area contributed by atoms with Crippen LogP contribution in [0.5, 0.6) is 0 Å². The largest absolute Gasteiger partial charge is 0.383 e. The molecule has 1 amide bonds. The van der Waals surface area contributed by atoms with Gasteiger partial charge in [-0.15, -0.1) is 0 Å². The van der Waals surface area contributed by atoms with Crippen LogP contribution >= 0.6 is 12.2 Å². The summed E-state index contributed by atoms with van der Waals surface area (Å²) in [6.45, 7) is 1.91. The molecule has 2 heterocycles. The zero-order chi connectivity index (χ0) is 22.5. The van der Waals surface area contributed by atoms with Crippen molar-refractivity contribution >= 4 is 23.2 Å². The van der Waals surface area contributed by atoms with Gasteiger partial charge in [-0.2, -0.15) is 0 Å². The quantitative estimate of drug-likeness (QED) is 0.597. The molecule has 0 bridgehead atoms. The molecule has 4 rings (SSSR count). The molecule has 0 saturated heterocycles. The highest BCUT2D eigenvalue weighted by Crippen LogP contribution is 2.37. The Labute approximate surface area is 194 Å². The van der Waals surface area contributed by atoms with Crippen LogP contribution in [0.15, 0.2) is 72.1 Å². The molecule has 32 heavy (non-hydrogen) atoms. The standard InChI is InChI=1S/C24H28N4O3S/c1-30-15-13-27-21(18-11-7-4-8-12-18)26-22-19(23(27)29)20(17-9-5-3-6-10-17)25-24(32)28(22)14-16-31-2/h3-12,20-21,26H,13-16H2,1-2H3,(H,25,32)/t20-,21+/m1/s1. The fourth-order valence-electron chi connectivity index (χ4n) is 4.13. The van der Waals surface area contributed by atoms with Crippen molar-refractivity contribution in [2.24, 2.45) is 0 Å². The minimum Gasteiger partial charge on any atom is -0.383 e. The van der Waals surface area contributed by atoms with E-state index in [0.717, 1.165) is 16.9 Å². The third-order valence-electron chi connectivity index (χ3n) is 5.71. The summed E-state index contributed by atoms with van der Waals surface area (Å²) >= 11 is 5.72. The number of carbonyl (C=O) groups is 1. The van der Waals surface area contributed by atoms with E-state index in [0.29, 0.717) is 37.0 Å². The van der Waals surface area contributed by atoms with Gasteiger partial charge in [0.2, 0.25) is 0 Å². The zero-order valence-electron chi connectivity index (χ0n) is 18.3. The number of methoxy groups -OCH3 is 2. The first kappa shape index (κ1) is 22.3. The summed E-state index contributed by atoms with van der Waals surface area (Å²) in [6, 6.07) is 19.5. The average molecular weight is 453 g/mol. The predicted molar refractivity (Wildman–Crippen MR) is 126 cm³/mol. The molecule has 2 aliphatic heterocycles. The summed E-state index contributed by atoms with van der Waals surface area (Å²) in [5, 5.41) is 7.56. The number of hydrogen-bond donors (Lipinski definition) is 2. The second kappa shape index (κ2) is 10.1. The van der Waals surface area contributed by atoms with E-state index in [1.165, 1.54) is 0 Å². The molecule has 2 aliphatic rings. The number of thiocarbonyl (C=S) groups is 1. The summed E-state index contributed by atoms with van der Waals surface area (Å²) in [4.78, 5) is 17.7. The van der Waals surface area contributed by atoms with E-state index in [1.54, 1.807) is 14.2 Å². The number of hydrogen-bond acceptors (Lipinski definition) is 5. The van der Waals surface area contributed by atoms with Crippen molar-refractivity contribution in [2.45, 2.75) is 12.2 Å². The molecule has 7 nitrogen and oxygen atoms in total. The van der Waals surface area contributed by atoms with E-state index in [1.807, 2.05) is 70.5 Å². The fraction of sp³-hybridized carbons (Fsp3) is 0.333. The Hall–Kier alpha value is -2.94. The molecule has 0 radical (unpaired) electrons. The van der Waals surface area contributed by atoms with E-state index >= 15 is 0 Å². The van der Waals surface area contributed by atoms with Gasteiger partial charge in [0.1, 0.15) is 12.0 Å². The molecule has 0 unspecified atom stereocenters. The van der Waals surface area contributed by atoms with E-state index in [2.05, 4.69) is 10.6 Å². The Morgan fingerprint density at radius 3 is 2.09 bits per heavy atom. The van der Waals surface area contributed by atoms with Crippen molar-refractivity contribution in [1.29, 1.82) is 0 Å². The lowest BCUT2D eigenvalue weighted by Gasteiger charge is -2.47. The fourth-order valence-corrected chi connectivity index (χ4v) is 4.43. The van der Waals surface area contributed by atoms with Crippen LogP contribution in [0.4, 0.5) is 0 Å². The molecular weight excluding hydrogens is 424 g/mol. The van der Waals surface area contributed by atoms with Crippen molar-refractivity contribution in [3.8, 4) is 0 Å². The third kappa shape index (κ3) is 4.34. The topological polar surface area (TPSA) is 66.1 Å². The lowest BCUT2D eigenvalue weighted by Crippen LogP contribution is -2.59. The van der Waals surface area contributed by atoms with Crippen LogP contribution in [0.25, 0.3) is 0 Å². The number of benzene rings is 2. The number of ether oxygens (including phenoxy) is 2. The Morgan fingerprint density at radius 2 is 1.47 bits per heavy atom. The second-order valence-electron chi connectivity index (χ2n) is 7.65. The Morgan fingerprint density at radius 1 is 0.875 bits per heavy atom. The molecule has 8 heteroatoms. The van der Waals surface area contributed by atoms with Crippen LogP contribution in [-0.4, -0.2) is 61.3 Å². The highest BCUT2D eigenvalue weighted by molar-refractivity contribution is 7.80. The molecule has 0 fully saturated rings. The molecule has 0 saturated carbocycles. The summed E-state index contributed by atoms with van der Waals surface area (Å²) < 4.78 is 10.6. The number of nitrogens with zero attached hydrogens (tertiary/aromatic N) is 2. The van der Waals surface area contributed by atoms with Crippen molar-refractivity contribution < 1.29 is 14.3 Å². The lowest BCUT2D eigenvalue weighted by molar-refractivity contribution is -0.133. The van der Waals surface area contributed by atoms with Crippen LogP contribution < -0.4 is 10.6 Å². The van der Waals surface area contributed by atoms with E-state index in [4.69, 9.17) is 21.7 Å². The van der Waals surface area contributed by atoms with Crippen molar-refractivity contribution in [2.75, 3.05) is 40.5 Å². The first-order valence-corrected chi connectivity index (χ1v) is 11.0. The minimum absolute atomic E-state index is 0.0454. The Balaban J connectivity index is 1.82. The van der Waals surface area contributed by atoms with Gasteiger partial charge in [0, 0.05) is 20.8 Å². The van der Waals surface area contributed by atoms with Crippen LogP contribution in [0.2, 0.25) is 0 Å². The maximum atomic E-state index is 14.0. The summed E-state index contributed by atoms with van der Waals surface area (Å²) in [6.07, 6.45) is -0.333. The Kier molecular flexibility index (Phi) is 7.04. The van der Waals surface area contributed by atoms with Crippen molar-refractivity contribution in [3.05, 3.63) is 83.2 Å². The summed E-state index contributed by atoms with van der Waals surface area (Å²) in [5.74, 6) is 0.683. The lowest BCUT2D eigenvalue weighted by atomic mass is 9.93.